The second-order valence-corrected chi connectivity index (χ2v) is 2.40. The molecular weight excluding hydrogens is 150 g/mol. The van der Waals surface area contributed by atoms with Crippen LogP contribution in [0.4, 0.5) is 0 Å². The Bertz CT molecular complexity index is 66.2. The van der Waals surface area contributed by atoms with Crippen molar-refractivity contribution in [1.29, 1.82) is 0 Å². The van der Waals surface area contributed by atoms with Crippen LogP contribution in [0.15, 0.2) is 0 Å². The molecule has 0 aromatic rings. The van der Waals surface area contributed by atoms with Crippen molar-refractivity contribution in [3.8, 4) is 0 Å². The number of morpholine rings is 1. The molecule has 0 amide bonds. The first kappa shape index (κ1) is 14.4. The molecule has 1 fully saturated rings. The van der Waals surface area contributed by atoms with E-state index in [0.717, 1.165) is 19.8 Å². The van der Waals surface area contributed by atoms with Crippen molar-refractivity contribution in [2.24, 2.45) is 0 Å². The molecule has 1 aliphatic rings. The third kappa shape index (κ3) is 6.62. The summed E-state index contributed by atoms with van der Waals surface area (Å²) in [5, 5.41) is 0. The summed E-state index contributed by atoms with van der Waals surface area (Å²) in [7, 11) is 2.13. The lowest BCUT2D eigenvalue weighted by Gasteiger charge is -2.29. The van der Waals surface area contributed by atoms with E-state index in [9.17, 15) is 0 Å². The van der Waals surface area contributed by atoms with Gasteiger partial charge in [0.05, 0.1) is 13.2 Å². The molecule has 0 radical (unpaired) electrons. The van der Waals surface area contributed by atoms with Crippen LogP contribution in [-0.4, -0.2) is 37.7 Å². The molecule has 0 aliphatic carbocycles. The van der Waals surface area contributed by atoms with E-state index < -0.39 is 0 Å². The molecule has 76 valence electrons. The lowest BCUT2D eigenvalue weighted by molar-refractivity contribution is 0.0131. The van der Waals surface area contributed by atoms with Crippen LogP contribution < -0.4 is 0 Å². The maximum atomic E-state index is 5.21. The molecule has 1 unspecified atom stereocenters. The first-order chi connectivity index (χ1) is 5.80. The highest BCUT2D eigenvalue weighted by molar-refractivity contribution is 4.65. The number of likely N-dealkylation sites (N-methyl/N-ethyl adjacent to an activating group) is 1. The molecule has 2 heteroatoms. The topological polar surface area (TPSA) is 12.5 Å². The van der Waals surface area contributed by atoms with E-state index in [2.05, 4.69) is 18.9 Å². The smallest absolute Gasteiger partial charge is 0.0619 e. The molecule has 2 nitrogen and oxygen atoms in total. The van der Waals surface area contributed by atoms with Gasteiger partial charge in [-0.25, -0.2) is 0 Å². The highest BCUT2D eigenvalue weighted by Gasteiger charge is 2.12. The zero-order valence-electron chi connectivity index (χ0n) is 9.55. The molecule has 1 saturated heterocycles. The average Bonchev–Trinajstić information content (AvgIpc) is 2.17. The SMILES string of the molecule is CC.CC.CC1COCCN1C. The molecule has 0 aromatic carbocycles. The van der Waals surface area contributed by atoms with Gasteiger partial charge in [0, 0.05) is 12.6 Å². The van der Waals surface area contributed by atoms with Crippen LogP contribution in [0.1, 0.15) is 34.6 Å². The highest BCUT2D eigenvalue weighted by atomic mass is 16.5. The Morgan fingerprint density at radius 1 is 1.17 bits per heavy atom. The molecule has 0 N–H and O–H groups in total. The van der Waals surface area contributed by atoms with Gasteiger partial charge in [-0.15, -0.1) is 0 Å². The second-order valence-electron chi connectivity index (χ2n) is 2.40. The third-order valence-electron chi connectivity index (χ3n) is 1.70. The number of ether oxygens (including phenoxy) is 1. The Hall–Kier alpha value is -0.0800. The summed E-state index contributed by atoms with van der Waals surface area (Å²) in [6.45, 7) is 13.1. The van der Waals surface area contributed by atoms with Gasteiger partial charge in [-0.3, -0.25) is 4.90 Å². The summed E-state index contributed by atoms with van der Waals surface area (Å²) in [5.74, 6) is 0. The summed E-state index contributed by atoms with van der Waals surface area (Å²) in [6, 6.07) is 0.615. The molecule has 0 saturated carbocycles. The lowest BCUT2D eigenvalue weighted by atomic mass is 10.3. The molecule has 12 heavy (non-hydrogen) atoms. The maximum Gasteiger partial charge on any atom is 0.0619 e. The largest absolute Gasteiger partial charge is 0.379 e. The Kier molecular flexibility index (Phi) is 13.1. The minimum absolute atomic E-state index is 0.615. The minimum Gasteiger partial charge on any atom is -0.379 e. The first-order valence-corrected chi connectivity index (χ1v) is 5.08. The summed E-state index contributed by atoms with van der Waals surface area (Å²) < 4.78 is 5.21. The van der Waals surface area contributed by atoms with Crippen LogP contribution >= 0.6 is 0 Å². The van der Waals surface area contributed by atoms with Crippen molar-refractivity contribution in [2.75, 3.05) is 26.8 Å². The van der Waals surface area contributed by atoms with Crippen LogP contribution in [0.3, 0.4) is 0 Å². The van der Waals surface area contributed by atoms with Gasteiger partial charge in [0.25, 0.3) is 0 Å². The number of rotatable bonds is 0. The Labute approximate surface area is 77.9 Å². The van der Waals surface area contributed by atoms with Gasteiger partial charge in [-0.1, -0.05) is 27.7 Å². The fourth-order valence-corrected chi connectivity index (χ4v) is 0.810. The Morgan fingerprint density at radius 2 is 1.67 bits per heavy atom. The number of nitrogens with zero attached hydrogens (tertiary/aromatic N) is 1. The van der Waals surface area contributed by atoms with Crippen LogP contribution in [0.25, 0.3) is 0 Å². The number of hydrogen-bond donors (Lipinski definition) is 0. The second kappa shape index (κ2) is 10.9. The Balaban J connectivity index is 0. The van der Waals surface area contributed by atoms with Gasteiger partial charge >= 0.3 is 0 Å². The van der Waals surface area contributed by atoms with Crippen molar-refractivity contribution < 1.29 is 4.74 Å². The highest BCUT2D eigenvalue weighted by Crippen LogP contribution is 2.00. The molecule has 0 spiro atoms. The first-order valence-electron chi connectivity index (χ1n) is 5.08. The van der Waals surface area contributed by atoms with Gasteiger partial charge < -0.3 is 4.74 Å². The number of hydrogen-bond acceptors (Lipinski definition) is 2. The summed E-state index contributed by atoms with van der Waals surface area (Å²) >= 11 is 0. The summed E-state index contributed by atoms with van der Waals surface area (Å²) in [6.07, 6.45) is 0. The zero-order chi connectivity index (χ0) is 9.98. The standard InChI is InChI=1S/C6H13NO.2C2H6/c1-6-5-8-4-3-7(6)2;2*1-2/h6H,3-5H2,1-2H3;2*1-2H3. The van der Waals surface area contributed by atoms with Crippen LogP contribution in [0.5, 0.6) is 0 Å². The molecule has 1 rings (SSSR count). The van der Waals surface area contributed by atoms with Gasteiger partial charge in [-0.2, -0.15) is 0 Å². The van der Waals surface area contributed by atoms with Gasteiger partial charge in [0.2, 0.25) is 0 Å². The van der Waals surface area contributed by atoms with Gasteiger partial charge in [-0.05, 0) is 14.0 Å². The van der Waals surface area contributed by atoms with E-state index in [4.69, 9.17) is 4.74 Å². The molecular formula is C10H25NO. The van der Waals surface area contributed by atoms with E-state index in [1.54, 1.807) is 0 Å². The quantitative estimate of drug-likeness (QED) is 0.560. The molecule has 0 bridgehead atoms. The van der Waals surface area contributed by atoms with Crippen molar-refractivity contribution in [3.63, 3.8) is 0 Å². The Morgan fingerprint density at radius 3 is 1.92 bits per heavy atom. The predicted molar refractivity (Wildman–Crippen MR) is 55.6 cm³/mol. The van der Waals surface area contributed by atoms with Gasteiger partial charge in [0.15, 0.2) is 0 Å². The third-order valence-corrected chi connectivity index (χ3v) is 1.70. The molecule has 1 heterocycles. The van der Waals surface area contributed by atoms with E-state index in [1.165, 1.54) is 0 Å². The summed E-state index contributed by atoms with van der Waals surface area (Å²) in [5.41, 5.74) is 0. The molecule has 0 aromatic heterocycles. The predicted octanol–water partition coefficient (Wildman–Crippen LogP) is 2.39. The fraction of sp³-hybridized carbons (Fsp3) is 1.00. The minimum atomic E-state index is 0.615. The van der Waals surface area contributed by atoms with Crippen LogP contribution in [0, 0.1) is 0 Å². The monoisotopic (exact) mass is 175 g/mol. The van der Waals surface area contributed by atoms with E-state index in [0.29, 0.717) is 6.04 Å². The average molecular weight is 175 g/mol. The van der Waals surface area contributed by atoms with Crippen molar-refractivity contribution in [3.05, 3.63) is 0 Å². The van der Waals surface area contributed by atoms with E-state index in [1.807, 2.05) is 27.7 Å². The fourth-order valence-electron chi connectivity index (χ4n) is 0.810. The maximum absolute atomic E-state index is 5.21. The van der Waals surface area contributed by atoms with Crippen molar-refractivity contribution in [1.82, 2.24) is 4.90 Å². The van der Waals surface area contributed by atoms with Crippen LogP contribution in [0.2, 0.25) is 0 Å². The van der Waals surface area contributed by atoms with Crippen LogP contribution in [-0.2, 0) is 4.74 Å². The lowest BCUT2D eigenvalue weighted by Crippen LogP contribution is -2.40. The summed E-state index contributed by atoms with van der Waals surface area (Å²) in [4.78, 5) is 2.31. The van der Waals surface area contributed by atoms with Crippen molar-refractivity contribution in [2.45, 2.75) is 40.7 Å². The normalized spacial score (nSPS) is 23.0. The molecule has 1 aliphatic heterocycles. The van der Waals surface area contributed by atoms with E-state index >= 15 is 0 Å². The van der Waals surface area contributed by atoms with Crippen molar-refractivity contribution >= 4 is 0 Å². The molecule has 1 atom stereocenters. The zero-order valence-corrected chi connectivity index (χ0v) is 9.55. The van der Waals surface area contributed by atoms with E-state index in [-0.39, 0.29) is 0 Å². The van der Waals surface area contributed by atoms with Gasteiger partial charge in [0.1, 0.15) is 0 Å².